The number of aliphatic carboxylic acids is 1. The van der Waals surface area contributed by atoms with E-state index in [1.54, 1.807) is 0 Å². The minimum Gasteiger partial charge on any atom is -0.479 e. The van der Waals surface area contributed by atoms with Crippen LogP contribution in [0.1, 0.15) is 19.8 Å². The molecule has 0 saturated carbocycles. The first-order valence-corrected chi connectivity index (χ1v) is 5.81. The van der Waals surface area contributed by atoms with Gasteiger partial charge in [0, 0.05) is 19.1 Å². The number of carbonyl (C=O) groups excluding carboxylic acids is 1. The number of nitrogens with one attached hydrogen (secondary N) is 2. The molecule has 1 aliphatic rings. The summed E-state index contributed by atoms with van der Waals surface area (Å²) in [5.41, 5.74) is 0. The number of piperidine rings is 1. The van der Waals surface area contributed by atoms with E-state index in [0.29, 0.717) is 6.04 Å². The zero-order valence-electron chi connectivity index (χ0n) is 10.2. The minimum absolute atomic E-state index is 0.0168. The summed E-state index contributed by atoms with van der Waals surface area (Å²) in [6, 6.07) is 0.331. The van der Waals surface area contributed by atoms with Crippen molar-refractivity contribution in [3.8, 4) is 0 Å². The van der Waals surface area contributed by atoms with E-state index in [1.807, 2.05) is 6.92 Å². The van der Waals surface area contributed by atoms with Crippen molar-refractivity contribution in [1.82, 2.24) is 10.6 Å². The Labute approximate surface area is 101 Å². The molecule has 1 fully saturated rings. The van der Waals surface area contributed by atoms with Crippen LogP contribution in [0.15, 0.2) is 0 Å². The standard InChI is InChI=1S/C11H20N2O4/c1-7-5-8(3-4-12-7)10(14)13-6-9(17-2)11(15)16/h7-9,12H,3-6H2,1-2H3,(H,13,14)(H,15,16). The Hall–Kier alpha value is -1.14. The smallest absolute Gasteiger partial charge is 0.334 e. The molecular formula is C11H20N2O4. The van der Waals surface area contributed by atoms with Crippen molar-refractivity contribution in [3.05, 3.63) is 0 Å². The molecule has 17 heavy (non-hydrogen) atoms. The van der Waals surface area contributed by atoms with Crippen molar-refractivity contribution < 1.29 is 19.4 Å². The van der Waals surface area contributed by atoms with Crippen molar-refractivity contribution in [1.29, 1.82) is 0 Å². The number of amides is 1. The second kappa shape index (κ2) is 6.56. The van der Waals surface area contributed by atoms with Gasteiger partial charge in [0.15, 0.2) is 6.10 Å². The zero-order valence-corrected chi connectivity index (χ0v) is 10.2. The lowest BCUT2D eigenvalue weighted by Gasteiger charge is -2.27. The SMILES string of the molecule is COC(CNC(=O)C1CCNC(C)C1)C(=O)O. The lowest BCUT2D eigenvalue weighted by atomic mass is 9.92. The first-order chi connectivity index (χ1) is 8.04. The quantitative estimate of drug-likeness (QED) is 0.612. The fourth-order valence-electron chi connectivity index (χ4n) is 1.98. The van der Waals surface area contributed by atoms with Crippen LogP contribution in [0.2, 0.25) is 0 Å². The maximum absolute atomic E-state index is 11.8. The summed E-state index contributed by atoms with van der Waals surface area (Å²) in [6.45, 7) is 2.88. The van der Waals surface area contributed by atoms with Crippen LogP contribution in [0.25, 0.3) is 0 Å². The Balaban J connectivity index is 2.35. The summed E-state index contributed by atoms with van der Waals surface area (Å²) in [5.74, 6) is -1.18. The molecule has 0 aromatic carbocycles. The van der Waals surface area contributed by atoms with E-state index >= 15 is 0 Å². The Morgan fingerprint density at radius 3 is 2.82 bits per heavy atom. The number of methoxy groups -OCH3 is 1. The van der Waals surface area contributed by atoms with Gasteiger partial charge in [-0.2, -0.15) is 0 Å². The van der Waals surface area contributed by atoms with Crippen molar-refractivity contribution in [3.63, 3.8) is 0 Å². The highest BCUT2D eigenvalue weighted by atomic mass is 16.5. The van der Waals surface area contributed by atoms with Crippen molar-refractivity contribution in [2.75, 3.05) is 20.2 Å². The number of hydrogen-bond acceptors (Lipinski definition) is 4. The highest BCUT2D eigenvalue weighted by molar-refractivity contribution is 5.80. The average Bonchev–Trinajstić information content (AvgIpc) is 2.29. The number of carbonyl (C=O) groups is 2. The predicted octanol–water partition coefficient (Wildman–Crippen LogP) is -0.410. The van der Waals surface area contributed by atoms with E-state index in [-0.39, 0.29) is 18.4 Å². The van der Waals surface area contributed by atoms with Gasteiger partial charge in [0.25, 0.3) is 0 Å². The van der Waals surface area contributed by atoms with Crippen LogP contribution in [0.5, 0.6) is 0 Å². The summed E-state index contributed by atoms with van der Waals surface area (Å²) in [7, 11) is 1.32. The Morgan fingerprint density at radius 2 is 2.29 bits per heavy atom. The molecule has 1 heterocycles. The van der Waals surface area contributed by atoms with Gasteiger partial charge >= 0.3 is 5.97 Å². The average molecular weight is 244 g/mol. The molecule has 0 spiro atoms. The van der Waals surface area contributed by atoms with Gasteiger partial charge in [0.1, 0.15) is 0 Å². The van der Waals surface area contributed by atoms with Crippen LogP contribution in [0.4, 0.5) is 0 Å². The maximum atomic E-state index is 11.8. The van der Waals surface area contributed by atoms with Gasteiger partial charge in [-0.1, -0.05) is 0 Å². The van der Waals surface area contributed by atoms with Crippen LogP contribution in [-0.2, 0) is 14.3 Å². The van der Waals surface area contributed by atoms with Gasteiger partial charge < -0.3 is 20.5 Å². The molecule has 1 amide bonds. The van der Waals surface area contributed by atoms with E-state index in [4.69, 9.17) is 9.84 Å². The van der Waals surface area contributed by atoms with Crippen LogP contribution >= 0.6 is 0 Å². The molecule has 0 aromatic heterocycles. The first-order valence-electron chi connectivity index (χ1n) is 5.81. The van der Waals surface area contributed by atoms with E-state index in [1.165, 1.54) is 7.11 Å². The lowest BCUT2D eigenvalue weighted by Crippen LogP contribution is -2.45. The molecule has 0 bridgehead atoms. The molecule has 3 N–H and O–H groups in total. The monoisotopic (exact) mass is 244 g/mol. The number of hydrogen-bond donors (Lipinski definition) is 3. The molecule has 0 aliphatic carbocycles. The summed E-state index contributed by atoms with van der Waals surface area (Å²) in [5, 5.41) is 14.6. The highest BCUT2D eigenvalue weighted by Gasteiger charge is 2.26. The summed E-state index contributed by atoms with van der Waals surface area (Å²) >= 11 is 0. The molecule has 6 heteroatoms. The van der Waals surface area contributed by atoms with Crippen LogP contribution < -0.4 is 10.6 Å². The molecule has 0 aromatic rings. The third kappa shape index (κ3) is 4.32. The van der Waals surface area contributed by atoms with Crippen molar-refractivity contribution >= 4 is 11.9 Å². The van der Waals surface area contributed by atoms with E-state index < -0.39 is 12.1 Å². The van der Waals surface area contributed by atoms with Crippen molar-refractivity contribution in [2.45, 2.75) is 31.9 Å². The molecule has 1 aliphatic heterocycles. The van der Waals surface area contributed by atoms with Gasteiger partial charge in [-0.25, -0.2) is 4.79 Å². The minimum atomic E-state index is -1.06. The Kier molecular flexibility index (Phi) is 5.37. The second-order valence-electron chi connectivity index (χ2n) is 4.38. The molecular weight excluding hydrogens is 224 g/mol. The van der Waals surface area contributed by atoms with Gasteiger partial charge in [-0.3, -0.25) is 4.79 Å². The summed E-state index contributed by atoms with van der Waals surface area (Å²) in [6.07, 6.45) is 0.607. The van der Waals surface area contributed by atoms with Crippen LogP contribution in [0, 0.1) is 5.92 Å². The van der Waals surface area contributed by atoms with E-state index in [0.717, 1.165) is 19.4 Å². The molecule has 1 saturated heterocycles. The number of carboxylic acids is 1. The van der Waals surface area contributed by atoms with Crippen LogP contribution in [0.3, 0.4) is 0 Å². The van der Waals surface area contributed by atoms with Gasteiger partial charge in [-0.05, 0) is 26.3 Å². The predicted molar refractivity (Wildman–Crippen MR) is 61.6 cm³/mol. The second-order valence-corrected chi connectivity index (χ2v) is 4.38. The number of ether oxygens (including phenoxy) is 1. The molecule has 1 rings (SSSR count). The molecule has 6 nitrogen and oxygen atoms in total. The van der Waals surface area contributed by atoms with Gasteiger partial charge in [-0.15, -0.1) is 0 Å². The van der Waals surface area contributed by atoms with E-state index in [9.17, 15) is 9.59 Å². The fourth-order valence-corrected chi connectivity index (χ4v) is 1.98. The van der Waals surface area contributed by atoms with E-state index in [2.05, 4.69) is 10.6 Å². The van der Waals surface area contributed by atoms with Gasteiger partial charge in [0.05, 0.1) is 6.54 Å². The molecule has 0 radical (unpaired) electrons. The van der Waals surface area contributed by atoms with Gasteiger partial charge in [0.2, 0.25) is 5.91 Å². The van der Waals surface area contributed by atoms with Crippen LogP contribution in [-0.4, -0.2) is 49.3 Å². The molecule has 98 valence electrons. The summed E-state index contributed by atoms with van der Waals surface area (Å²) < 4.78 is 4.74. The lowest BCUT2D eigenvalue weighted by molar-refractivity contribution is -0.148. The topological polar surface area (TPSA) is 87.7 Å². The number of rotatable bonds is 5. The molecule has 3 unspecified atom stereocenters. The normalized spacial score (nSPS) is 26.2. The Bertz CT molecular complexity index is 283. The Morgan fingerprint density at radius 1 is 1.59 bits per heavy atom. The largest absolute Gasteiger partial charge is 0.479 e. The highest BCUT2D eigenvalue weighted by Crippen LogP contribution is 2.15. The van der Waals surface area contributed by atoms with Crippen molar-refractivity contribution in [2.24, 2.45) is 5.92 Å². The maximum Gasteiger partial charge on any atom is 0.334 e. The molecule has 3 atom stereocenters. The third-order valence-electron chi connectivity index (χ3n) is 3.02. The summed E-state index contributed by atoms with van der Waals surface area (Å²) in [4.78, 5) is 22.5. The fraction of sp³-hybridized carbons (Fsp3) is 0.818. The first kappa shape index (κ1) is 13.9. The zero-order chi connectivity index (χ0) is 12.8. The third-order valence-corrected chi connectivity index (χ3v) is 3.02. The number of carboxylic acid groups (broad SMARTS) is 1.